The highest BCUT2D eigenvalue weighted by Crippen LogP contribution is 2.24. The molecule has 25 heavy (non-hydrogen) atoms. The van der Waals surface area contributed by atoms with Gasteiger partial charge in [-0.15, -0.1) is 0 Å². The molecule has 0 spiro atoms. The van der Waals surface area contributed by atoms with Crippen LogP contribution in [0.4, 0.5) is 5.69 Å². The predicted molar refractivity (Wildman–Crippen MR) is 94.9 cm³/mol. The zero-order valence-electron chi connectivity index (χ0n) is 14.4. The minimum Gasteiger partial charge on any atom is -0.497 e. The van der Waals surface area contributed by atoms with Gasteiger partial charge in [0.05, 0.1) is 19.1 Å². The maximum atomic E-state index is 12.5. The second-order valence-corrected chi connectivity index (χ2v) is 7.10. The first kappa shape index (κ1) is 18.8. The number of hydrogen-bond donors (Lipinski definition) is 2. The average molecular weight is 364 g/mol. The highest BCUT2D eigenvalue weighted by molar-refractivity contribution is 7.89. The van der Waals surface area contributed by atoms with Crippen molar-refractivity contribution >= 4 is 21.6 Å². The van der Waals surface area contributed by atoms with Crippen LogP contribution in [0.2, 0.25) is 0 Å². The second-order valence-electron chi connectivity index (χ2n) is 5.24. The van der Waals surface area contributed by atoms with E-state index < -0.39 is 15.9 Å². The van der Waals surface area contributed by atoms with Crippen molar-refractivity contribution in [2.75, 3.05) is 26.6 Å². The second kappa shape index (κ2) is 7.54. The van der Waals surface area contributed by atoms with Gasteiger partial charge in [0, 0.05) is 17.3 Å². The quantitative estimate of drug-likeness (QED) is 0.819. The number of benzene rings is 2. The Balaban J connectivity index is 2.34. The number of carbonyl (C=O) groups excluding carboxylic acids is 1. The molecule has 0 atom stereocenters. The van der Waals surface area contributed by atoms with Crippen molar-refractivity contribution in [3.05, 3.63) is 47.5 Å². The minimum atomic E-state index is -3.61. The molecule has 0 saturated heterocycles. The van der Waals surface area contributed by atoms with Gasteiger partial charge in [-0.2, -0.15) is 0 Å². The van der Waals surface area contributed by atoms with E-state index >= 15 is 0 Å². The standard InChI is InChI=1S/C17H20N2O5S/c1-11-5-6-13(9-16(11)25(21,22)18-2)19-17(20)12-7-14(23-3)10-15(8-12)24-4/h5-10,18H,1-4H3,(H,19,20). The van der Waals surface area contributed by atoms with Crippen LogP contribution in [0.1, 0.15) is 15.9 Å². The lowest BCUT2D eigenvalue weighted by molar-refractivity contribution is 0.102. The van der Waals surface area contributed by atoms with Gasteiger partial charge in [-0.25, -0.2) is 13.1 Å². The first-order chi connectivity index (χ1) is 11.8. The molecule has 0 aliphatic heterocycles. The third-order valence-electron chi connectivity index (χ3n) is 3.62. The van der Waals surface area contributed by atoms with Gasteiger partial charge >= 0.3 is 0 Å². The van der Waals surface area contributed by atoms with E-state index in [1.54, 1.807) is 37.3 Å². The van der Waals surface area contributed by atoms with Crippen molar-refractivity contribution in [2.24, 2.45) is 0 Å². The zero-order chi connectivity index (χ0) is 18.6. The molecule has 2 aromatic carbocycles. The Morgan fingerprint density at radius 1 is 1.00 bits per heavy atom. The number of ether oxygens (including phenoxy) is 2. The zero-order valence-corrected chi connectivity index (χ0v) is 15.2. The highest BCUT2D eigenvalue weighted by atomic mass is 32.2. The summed E-state index contributed by atoms with van der Waals surface area (Å²) < 4.78 is 36.6. The molecule has 134 valence electrons. The Kier molecular flexibility index (Phi) is 5.66. The Bertz CT molecular complexity index is 872. The normalized spacial score (nSPS) is 11.0. The molecule has 0 radical (unpaired) electrons. The number of methoxy groups -OCH3 is 2. The van der Waals surface area contributed by atoms with Gasteiger partial charge in [0.15, 0.2) is 0 Å². The molecule has 0 saturated carbocycles. The fourth-order valence-corrected chi connectivity index (χ4v) is 3.21. The molecule has 0 unspecified atom stereocenters. The molecule has 0 heterocycles. The predicted octanol–water partition coefficient (Wildman–Crippen LogP) is 2.17. The van der Waals surface area contributed by atoms with Crippen LogP contribution in [-0.4, -0.2) is 35.6 Å². The van der Waals surface area contributed by atoms with Crippen molar-refractivity contribution in [3.8, 4) is 11.5 Å². The summed E-state index contributed by atoms with van der Waals surface area (Å²) in [5, 5.41) is 2.68. The maximum Gasteiger partial charge on any atom is 0.255 e. The smallest absolute Gasteiger partial charge is 0.255 e. The summed E-state index contributed by atoms with van der Waals surface area (Å²) in [4.78, 5) is 12.6. The molecule has 1 amide bonds. The molecule has 0 aromatic heterocycles. The Labute approximate surface area is 147 Å². The number of anilines is 1. The van der Waals surface area contributed by atoms with Crippen LogP contribution in [-0.2, 0) is 10.0 Å². The SMILES string of the molecule is CNS(=O)(=O)c1cc(NC(=O)c2cc(OC)cc(OC)c2)ccc1C. The number of hydrogen-bond acceptors (Lipinski definition) is 5. The first-order valence-corrected chi connectivity index (χ1v) is 8.87. The summed E-state index contributed by atoms with van der Waals surface area (Å²) in [6, 6.07) is 9.47. The minimum absolute atomic E-state index is 0.107. The molecular weight excluding hydrogens is 344 g/mol. The van der Waals surface area contributed by atoms with Crippen LogP contribution in [0.25, 0.3) is 0 Å². The summed E-state index contributed by atoms with van der Waals surface area (Å²) in [7, 11) is 0.704. The largest absolute Gasteiger partial charge is 0.497 e. The third-order valence-corrected chi connectivity index (χ3v) is 5.17. The number of aryl methyl sites for hydroxylation is 1. The lowest BCUT2D eigenvalue weighted by atomic mass is 10.1. The number of rotatable bonds is 6. The van der Waals surface area contributed by atoms with Crippen LogP contribution in [0.3, 0.4) is 0 Å². The molecule has 2 aromatic rings. The van der Waals surface area contributed by atoms with Gasteiger partial charge in [-0.1, -0.05) is 6.07 Å². The molecule has 8 heteroatoms. The van der Waals surface area contributed by atoms with E-state index in [0.717, 1.165) is 0 Å². The summed E-state index contributed by atoms with van der Waals surface area (Å²) in [5.74, 6) is 0.549. The van der Waals surface area contributed by atoms with E-state index in [-0.39, 0.29) is 4.90 Å². The molecule has 0 aliphatic carbocycles. The Morgan fingerprint density at radius 2 is 1.60 bits per heavy atom. The van der Waals surface area contributed by atoms with Gasteiger partial charge in [-0.3, -0.25) is 4.79 Å². The molecular formula is C17H20N2O5S. The lowest BCUT2D eigenvalue weighted by Gasteiger charge is -2.12. The monoisotopic (exact) mass is 364 g/mol. The summed E-state index contributed by atoms with van der Waals surface area (Å²) in [6.45, 7) is 1.68. The Morgan fingerprint density at radius 3 is 2.12 bits per heavy atom. The van der Waals surface area contributed by atoms with Crippen molar-refractivity contribution in [2.45, 2.75) is 11.8 Å². The topological polar surface area (TPSA) is 93.7 Å². The van der Waals surface area contributed by atoms with Crippen molar-refractivity contribution in [1.82, 2.24) is 4.72 Å². The molecule has 0 aliphatic rings. The fourth-order valence-electron chi connectivity index (χ4n) is 2.22. The van der Waals surface area contributed by atoms with Gasteiger partial charge in [-0.05, 0) is 43.8 Å². The first-order valence-electron chi connectivity index (χ1n) is 7.39. The number of carbonyl (C=O) groups is 1. The van der Waals surface area contributed by atoms with E-state index in [2.05, 4.69) is 10.0 Å². The number of sulfonamides is 1. The van der Waals surface area contributed by atoms with Crippen molar-refractivity contribution in [3.63, 3.8) is 0 Å². The van der Waals surface area contributed by atoms with E-state index in [4.69, 9.17) is 9.47 Å². The van der Waals surface area contributed by atoms with Gasteiger partial charge in [0.2, 0.25) is 10.0 Å². The molecule has 7 nitrogen and oxygen atoms in total. The Hall–Kier alpha value is -2.58. The summed E-state index contributed by atoms with van der Waals surface area (Å²) in [6.07, 6.45) is 0. The maximum absolute atomic E-state index is 12.5. The van der Waals surface area contributed by atoms with Crippen LogP contribution < -0.4 is 19.5 Å². The van der Waals surface area contributed by atoms with Gasteiger partial charge in [0.1, 0.15) is 11.5 Å². The van der Waals surface area contributed by atoms with Crippen molar-refractivity contribution in [1.29, 1.82) is 0 Å². The third kappa shape index (κ3) is 4.28. The number of amides is 1. The van der Waals surface area contributed by atoms with Crippen LogP contribution in [0.15, 0.2) is 41.3 Å². The van der Waals surface area contributed by atoms with Gasteiger partial charge in [0.25, 0.3) is 5.91 Å². The summed E-state index contributed by atoms with van der Waals surface area (Å²) in [5.41, 5.74) is 1.27. The molecule has 2 rings (SSSR count). The molecule has 2 N–H and O–H groups in total. The van der Waals surface area contributed by atoms with Gasteiger partial charge < -0.3 is 14.8 Å². The molecule has 0 fully saturated rings. The van der Waals surface area contributed by atoms with E-state index in [1.807, 2.05) is 0 Å². The summed E-state index contributed by atoms with van der Waals surface area (Å²) >= 11 is 0. The van der Waals surface area contributed by atoms with Crippen LogP contribution in [0.5, 0.6) is 11.5 Å². The van der Waals surface area contributed by atoms with Crippen LogP contribution in [0, 0.1) is 6.92 Å². The van der Waals surface area contributed by atoms with E-state index in [9.17, 15) is 13.2 Å². The highest BCUT2D eigenvalue weighted by Gasteiger charge is 2.16. The van der Waals surface area contributed by atoms with E-state index in [1.165, 1.54) is 27.3 Å². The van der Waals surface area contributed by atoms with Crippen LogP contribution >= 0.6 is 0 Å². The fraction of sp³-hybridized carbons (Fsp3) is 0.235. The average Bonchev–Trinajstić information content (AvgIpc) is 2.62. The number of nitrogens with one attached hydrogen (secondary N) is 2. The lowest BCUT2D eigenvalue weighted by Crippen LogP contribution is -2.20. The van der Waals surface area contributed by atoms with E-state index in [0.29, 0.717) is 28.3 Å². The van der Waals surface area contributed by atoms with Crippen molar-refractivity contribution < 1.29 is 22.7 Å². The molecule has 0 bridgehead atoms.